The molecular formula is C24H25N5OS. The van der Waals surface area contributed by atoms with E-state index < -0.39 is 0 Å². The van der Waals surface area contributed by atoms with Gasteiger partial charge in [0.2, 0.25) is 0 Å². The van der Waals surface area contributed by atoms with Gasteiger partial charge in [0.25, 0.3) is 0 Å². The minimum Gasteiger partial charge on any atom is -0.497 e. The van der Waals surface area contributed by atoms with Crippen molar-refractivity contribution in [3.63, 3.8) is 0 Å². The van der Waals surface area contributed by atoms with Gasteiger partial charge in [0.1, 0.15) is 22.9 Å². The zero-order chi connectivity index (χ0) is 21.2. The monoisotopic (exact) mass is 431 g/mol. The van der Waals surface area contributed by atoms with Gasteiger partial charge in [-0.3, -0.25) is 4.90 Å². The van der Waals surface area contributed by atoms with E-state index >= 15 is 0 Å². The molecule has 0 amide bonds. The summed E-state index contributed by atoms with van der Waals surface area (Å²) in [5.41, 5.74) is 4.50. The van der Waals surface area contributed by atoms with Gasteiger partial charge in [-0.15, -0.1) is 11.3 Å². The van der Waals surface area contributed by atoms with E-state index in [1.165, 1.54) is 5.56 Å². The fourth-order valence-corrected chi connectivity index (χ4v) is 4.82. The molecule has 0 saturated carbocycles. The number of anilines is 1. The van der Waals surface area contributed by atoms with Crippen molar-refractivity contribution in [2.75, 3.05) is 38.2 Å². The maximum Gasteiger partial charge on any atom is 0.139 e. The predicted molar refractivity (Wildman–Crippen MR) is 126 cm³/mol. The third-order valence-electron chi connectivity index (χ3n) is 5.72. The molecule has 0 aliphatic carbocycles. The lowest BCUT2D eigenvalue weighted by atomic mass is 10.1. The molecule has 31 heavy (non-hydrogen) atoms. The first-order chi connectivity index (χ1) is 15.2. The molecule has 2 aromatic heterocycles. The van der Waals surface area contributed by atoms with Crippen molar-refractivity contribution >= 4 is 28.1 Å². The van der Waals surface area contributed by atoms with Crippen molar-refractivity contribution in [1.29, 1.82) is 0 Å². The first-order valence-electron chi connectivity index (χ1n) is 10.5. The number of methoxy groups -OCH3 is 1. The van der Waals surface area contributed by atoms with Gasteiger partial charge in [0.05, 0.1) is 18.3 Å². The average molecular weight is 432 g/mol. The lowest BCUT2D eigenvalue weighted by Gasteiger charge is -2.35. The highest BCUT2D eigenvalue weighted by atomic mass is 32.1. The quantitative estimate of drug-likeness (QED) is 0.467. The van der Waals surface area contributed by atoms with Crippen LogP contribution in [0.25, 0.3) is 21.5 Å². The summed E-state index contributed by atoms with van der Waals surface area (Å²) in [6.45, 7) is 6.89. The van der Waals surface area contributed by atoms with Gasteiger partial charge < -0.3 is 9.64 Å². The Labute approximate surface area is 186 Å². The van der Waals surface area contributed by atoms with Crippen LogP contribution < -0.4 is 9.64 Å². The van der Waals surface area contributed by atoms with Crippen molar-refractivity contribution in [3.8, 4) is 16.3 Å². The number of fused-ring (bicyclic) bond motifs is 1. The van der Waals surface area contributed by atoms with Crippen molar-refractivity contribution in [3.05, 3.63) is 65.4 Å². The summed E-state index contributed by atoms with van der Waals surface area (Å²) >= 11 is 1.70. The van der Waals surface area contributed by atoms with Gasteiger partial charge in [-0.25, -0.2) is 15.0 Å². The smallest absolute Gasteiger partial charge is 0.139 e. The zero-order valence-corrected chi connectivity index (χ0v) is 18.6. The Morgan fingerprint density at radius 1 is 1.00 bits per heavy atom. The second-order valence-corrected chi connectivity index (χ2v) is 8.71. The number of rotatable bonds is 5. The molecule has 0 radical (unpaired) electrons. The van der Waals surface area contributed by atoms with Crippen LogP contribution in [-0.2, 0) is 6.54 Å². The van der Waals surface area contributed by atoms with Crippen LogP contribution in [0.4, 0.5) is 5.82 Å². The average Bonchev–Trinajstić information content (AvgIpc) is 3.28. The van der Waals surface area contributed by atoms with Gasteiger partial charge in [0.15, 0.2) is 0 Å². The van der Waals surface area contributed by atoms with E-state index in [1.54, 1.807) is 24.8 Å². The molecule has 1 saturated heterocycles. The van der Waals surface area contributed by atoms with Crippen LogP contribution in [0.5, 0.6) is 5.75 Å². The van der Waals surface area contributed by atoms with Crippen molar-refractivity contribution in [2.45, 2.75) is 13.5 Å². The molecule has 1 aliphatic rings. The Kier molecular flexibility index (Phi) is 5.53. The first kappa shape index (κ1) is 19.9. The maximum atomic E-state index is 5.25. The van der Waals surface area contributed by atoms with E-state index in [1.807, 2.05) is 12.1 Å². The minimum absolute atomic E-state index is 0.866. The van der Waals surface area contributed by atoms with Crippen LogP contribution >= 0.6 is 11.3 Å². The van der Waals surface area contributed by atoms with Crippen LogP contribution in [0.2, 0.25) is 0 Å². The van der Waals surface area contributed by atoms with Crippen LogP contribution in [0.1, 0.15) is 11.3 Å². The summed E-state index contributed by atoms with van der Waals surface area (Å²) in [4.78, 5) is 18.7. The number of ether oxygens (including phenoxy) is 1. The molecule has 0 spiro atoms. The van der Waals surface area contributed by atoms with Crippen LogP contribution in [0.15, 0.2) is 54.2 Å². The van der Waals surface area contributed by atoms with E-state index in [0.717, 1.165) is 71.5 Å². The summed E-state index contributed by atoms with van der Waals surface area (Å²) in [6, 6.07) is 14.5. The number of piperazine rings is 1. The number of thiazole rings is 1. The van der Waals surface area contributed by atoms with Crippen molar-refractivity contribution < 1.29 is 4.74 Å². The summed E-state index contributed by atoms with van der Waals surface area (Å²) in [6.07, 6.45) is 1.68. The van der Waals surface area contributed by atoms with E-state index in [9.17, 15) is 0 Å². The fraction of sp³-hybridized carbons (Fsp3) is 0.292. The zero-order valence-electron chi connectivity index (χ0n) is 17.8. The molecule has 0 N–H and O–H groups in total. The van der Waals surface area contributed by atoms with E-state index in [-0.39, 0.29) is 0 Å². The molecule has 158 valence electrons. The van der Waals surface area contributed by atoms with Gasteiger partial charge in [-0.1, -0.05) is 11.6 Å². The minimum atomic E-state index is 0.866. The summed E-state index contributed by atoms with van der Waals surface area (Å²) in [5.74, 6) is 1.91. The van der Waals surface area contributed by atoms with Gasteiger partial charge in [-0.05, 0) is 43.3 Å². The third-order valence-corrected chi connectivity index (χ3v) is 6.66. The Balaban J connectivity index is 1.24. The highest BCUT2D eigenvalue weighted by molar-refractivity contribution is 7.13. The number of hydrogen-bond acceptors (Lipinski definition) is 7. The second kappa shape index (κ2) is 8.61. The molecule has 0 unspecified atom stereocenters. The van der Waals surface area contributed by atoms with E-state index in [2.05, 4.69) is 62.4 Å². The Bertz CT molecular complexity index is 1180. The molecule has 5 rings (SSSR count). The molecule has 3 heterocycles. The number of hydrogen-bond donors (Lipinski definition) is 0. The number of aromatic nitrogens is 3. The van der Waals surface area contributed by atoms with Crippen molar-refractivity contribution in [2.24, 2.45) is 0 Å². The summed E-state index contributed by atoms with van der Waals surface area (Å²) < 4.78 is 5.25. The van der Waals surface area contributed by atoms with Crippen LogP contribution in [0, 0.1) is 6.92 Å². The van der Waals surface area contributed by atoms with Crippen molar-refractivity contribution in [1.82, 2.24) is 19.9 Å². The Morgan fingerprint density at radius 2 is 1.81 bits per heavy atom. The highest BCUT2D eigenvalue weighted by Crippen LogP contribution is 2.27. The highest BCUT2D eigenvalue weighted by Gasteiger charge is 2.21. The molecular weight excluding hydrogens is 406 g/mol. The van der Waals surface area contributed by atoms with Gasteiger partial charge in [-0.2, -0.15) is 0 Å². The number of aryl methyl sites for hydroxylation is 1. The van der Waals surface area contributed by atoms with Crippen LogP contribution in [0.3, 0.4) is 0 Å². The predicted octanol–water partition coefficient (Wildman–Crippen LogP) is 4.39. The third kappa shape index (κ3) is 4.24. The van der Waals surface area contributed by atoms with Crippen LogP contribution in [-0.4, -0.2) is 53.1 Å². The molecule has 0 bridgehead atoms. The number of nitrogens with zero attached hydrogens (tertiary/aromatic N) is 5. The Hall–Kier alpha value is -3.03. The standard InChI is InChI=1S/C24H25N5OS/c1-17-3-8-22-21(13-17)23(26-16-25-22)29-11-9-28(10-12-29)14-19-15-31-24(27-19)18-4-6-20(30-2)7-5-18/h3-8,13,15-16H,9-12,14H2,1-2H3. The fourth-order valence-electron chi connectivity index (χ4n) is 4.00. The normalized spacial score (nSPS) is 14.8. The lowest BCUT2D eigenvalue weighted by molar-refractivity contribution is 0.247. The SMILES string of the molecule is COc1ccc(-c2nc(CN3CCN(c4ncnc5ccc(C)cc45)CC3)cs2)cc1. The largest absolute Gasteiger partial charge is 0.497 e. The van der Waals surface area contributed by atoms with Gasteiger partial charge >= 0.3 is 0 Å². The van der Waals surface area contributed by atoms with Gasteiger partial charge in [0, 0.05) is 49.1 Å². The summed E-state index contributed by atoms with van der Waals surface area (Å²) in [5, 5.41) is 4.37. The van der Waals surface area contributed by atoms with E-state index in [4.69, 9.17) is 9.72 Å². The molecule has 2 aromatic carbocycles. The topological polar surface area (TPSA) is 54.4 Å². The summed E-state index contributed by atoms with van der Waals surface area (Å²) in [7, 11) is 1.69. The van der Waals surface area contributed by atoms with E-state index in [0.29, 0.717) is 0 Å². The molecule has 0 atom stereocenters. The molecule has 1 fully saturated rings. The molecule has 6 nitrogen and oxygen atoms in total. The second-order valence-electron chi connectivity index (χ2n) is 7.85. The molecule has 1 aliphatic heterocycles. The maximum absolute atomic E-state index is 5.25. The molecule has 4 aromatic rings. The lowest BCUT2D eigenvalue weighted by Crippen LogP contribution is -2.46. The first-order valence-corrected chi connectivity index (χ1v) is 11.3. The Morgan fingerprint density at radius 3 is 2.58 bits per heavy atom. The number of benzene rings is 2. The molecule has 7 heteroatoms.